The second-order valence-electron chi connectivity index (χ2n) is 6.32. The summed E-state index contributed by atoms with van der Waals surface area (Å²) in [6.45, 7) is 0. The van der Waals surface area contributed by atoms with Crippen LogP contribution in [0.25, 0.3) is 0 Å². The summed E-state index contributed by atoms with van der Waals surface area (Å²) in [4.78, 5) is 24.4. The van der Waals surface area contributed by atoms with Crippen molar-refractivity contribution in [3.05, 3.63) is 83.9 Å². The number of esters is 1. The molecule has 160 valence electrons. The second kappa shape index (κ2) is 9.31. The molecule has 3 aromatic carbocycles. The molecule has 0 unspecified atom stereocenters. The van der Waals surface area contributed by atoms with E-state index in [-0.39, 0.29) is 21.7 Å². The third kappa shape index (κ3) is 5.01. The second-order valence-corrected chi connectivity index (χ2v) is 8.01. The van der Waals surface area contributed by atoms with Crippen LogP contribution in [0.3, 0.4) is 0 Å². The highest BCUT2D eigenvalue weighted by atomic mass is 32.2. The molecule has 0 heterocycles. The molecule has 0 spiro atoms. The van der Waals surface area contributed by atoms with Gasteiger partial charge in [0.1, 0.15) is 5.75 Å². The Morgan fingerprint density at radius 3 is 2.23 bits per heavy atom. The summed E-state index contributed by atoms with van der Waals surface area (Å²) in [5, 5.41) is 2.72. The fourth-order valence-electron chi connectivity index (χ4n) is 2.82. The van der Waals surface area contributed by atoms with E-state index in [9.17, 15) is 18.0 Å². The predicted octanol–water partition coefficient (Wildman–Crippen LogP) is 3.53. The van der Waals surface area contributed by atoms with Crippen LogP contribution < -0.4 is 14.8 Å². The number of methoxy groups -OCH3 is 2. The molecule has 31 heavy (non-hydrogen) atoms. The number of carbonyl (C=O) groups is 2. The van der Waals surface area contributed by atoms with Gasteiger partial charge in [0.15, 0.2) is 0 Å². The number of para-hydroxylation sites is 3. The highest BCUT2D eigenvalue weighted by molar-refractivity contribution is 7.92. The van der Waals surface area contributed by atoms with Crippen molar-refractivity contribution >= 4 is 33.3 Å². The van der Waals surface area contributed by atoms with Gasteiger partial charge in [-0.25, -0.2) is 13.2 Å². The number of anilines is 2. The van der Waals surface area contributed by atoms with E-state index in [2.05, 4.69) is 14.8 Å². The molecule has 0 aliphatic heterocycles. The van der Waals surface area contributed by atoms with Gasteiger partial charge < -0.3 is 14.8 Å². The maximum Gasteiger partial charge on any atom is 0.337 e. The van der Waals surface area contributed by atoms with Gasteiger partial charge in [0.2, 0.25) is 0 Å². The summed E-state index contributed by atoms with van der Waals surface area (Å²) in [6.07, 6.45) is 0. The Hall–Kier alpha value is -3.85. The maximum absolute atomic E-state index is 12.9. The summed E-state index contributed by atoms with van der Waals surface area (Å²) < 4.78 is 38.0. The maximum atomic E-state index is 12.9. The topological polar surface area (TPSA) is 111 Å². The summed E-state index contributed by atoms with van der Waals surface area (Å²) in [6, 6.07) is 18.5. The summed E-state index contributed by atoms with van der Waals surface area (Å²) in [5.74, 6) is -0.715. The molecule has 0 fully saturated rings. The minimum atomic E-state index is -4.08. The van der Waals surface area contributed by atoms with Crippen molar-refractivity contribution in [2.75, 3.05) is 24.3 Å². The van der Waals surface area contributed by atoms with Crippen molar-refractivity contribution in [1.82, 2.24) is 0 Å². The average Bonchev–Trinajstić information content (AvgIpc) is 2.79. The van der Waals surface area contributed by atoms with Crippen molar-refractivity contribution in [1.29, 1.82) is 0 Å². The molecular formula is C22H20N2O6S. The lowest BCUT2D eigenvalue weighted by Gasteiger charge is -2.14. The Morgan fingerprint density at radius 2 is 1.52 bits per heavy atom. The van der Waals surface area contributed by atoms with E-state index in [4.69, 9.17) is 4.74 Å². The van der Waals surface area contributed by atoms with Crippen LogP contribution in [-0.4, -0.2) is 34.5 Å². The number of rotatable bonds is 7. The molecule has 0 radical (unpaired) electrons. The first-order valence-electron chi connectivity index (χ1n) is 9.10. The lowest BCUT2D eigenvalue weighted by molar-refractivity contribution is 0.0600. The zero-order valence-electron chi connectivity index (χ0n) is 16.8. The lowest BCUT2D eigenvalue weighted by Crippen LogP contribution is -2.19. The average molecular weight is 440 g/mol. The van der Waals surface area contributed by atoms with Gasteiger partial charge >= 0.3 is 5.97 Å². The van der Waals surface area contributed by atoms with Gasteiger partial charge in [-0.1, -0.05) is 30.3 Å². The Bertz CT molecular complexity index is 1220. The number of ether oxygens (including phenoxy) is 2. The molecule has 0 aromatic heterocycles. The van der Waals surface area contributed by atoms with E-state index in [1.165, 1.54) is 50.6 Å². The van der Waals surface area contributed by atoms with Gasteiger partial charge in [0, 0.05) is 0 Å². The zero-order chi connectivity index (χ0) is 22.4. The third-order valence-electron chi connectivity index (χ3n) is 4.34. The summed E-state index contributed by atoms with van der Waals surface area (Å²) in [7, 11) is -1.39. The number of carbonyl (C=O) groups excluding carboxylic acids is 2. The van der Waals surface area contributed by atoms with Crippen LogP contribution in [0.1, 0.15) is 20.7 Å². The van der Waals surface area contributed by atoms with Gasteiger partial charge in [0.05, 0.1) is 41.6 Å². The monoisotopic (exact) mass is 440 g/mol. The molecule has 0 bridgehead atoms. The van der Waals surface area contributed by atoms with E-state index < -0.39 is 21.9 Å². The molecule has 0 saturated carbocycles. The van der Waals surface area contributed by atoms with Gasteiger partial charge in [-0.15, -0.1) is 0 Å². The molecule has 0 aliphatic rings. The Kier molecular flexibility index (Phi) is 6.56. The molecule has 3 rings (SSSR count). The summed E-state index contributed by atoms with van der Waals surface area (Å²) in [5.41, 5.74) is 0.727. The smallest absolute Gasteiger partial charge is 0.337 e. The normalized spacial score (nSPS) is 10.8. The third-order valence-corrected chi connectivity index (χ3v) is 5.70. The van der Waals surface area contributed by atoms with E-state index in [0.29, 0.717) is 11.4 Å². The Morgan fingerprint density at radius 1 is 0.839 bits per heavy atom. The molecule has 9 heteroatoms. The fourth-order valence-corrected chi connectivity index (χ4v) is 3.94. The molecule has 1 amide bonds. The van der Waals surface area contributed by atoms with Crippen molar-refractivity contribution in [3.8, 4) is 5.75 Å². The SMILES string of the molecule is COC(=O)c1cccc(S(=O)(=O)Nc2ccccc2C(=O)Nc2ccccc2OC)c1. The quantitative estimate of drug-likeness (QED) is 0.544. The zero-order valence-corrected chi connectivity index (χ0v) is 17.6. The minimum absolute atomic E-state index is 0.0818. The minimum Gasteiger partial charge on any atom is -0.495 e. The molecule has 0 saturated heterocycles. The van der Waals surface area contributed by atoms with E-state index in [1.807, 2.05) is 0 Å². The number of sulfonamides is 1. The number of hydrogen-bond acceptors (Lipinski definition) is 6. The first-order chi connectivity index (χ1) is 14.9. The first-order valence-corrected chi connectivity index (χ1v) is 10.6. The number of hydrogen-bond donors (Lipinski definition) is 2. The highest BCUT2D eigenvalue weighted by Gasteiger charge is 2.20. The standard InChI is InChI=1S/C22H20N2O6S/c1-29-20-13-6-5-12-19(20)23-21(25)17-10-3-4-11-18(17)24-31(27,28)16-9-7-8-15(14-16)22(26)30-2/h3-14,24H,1-2H3,(H,23,25). The van der Waals surface area contributed by atoms with Crippen molar-refractivity contribution < 1.29 is 27.5 Å². The molecule has 0 aliphatic carbocycles. The van der Waals surface area contributed by atoms with Crippen LogP contribution in [0.4, 0.5) is 11.4 Å². The molecule has 0 atom stereocenters. The Labute approximate surface area is 179 Å². The van der Waals surface area contributed by atoms with Crippen molar-refractivity contribution in [2.45, 2.75) is 4.90 Å². The largest absolute Gasteiger partial charge is 0.495 e. The van der Waals surface area contributed by atoms with Crippen molar-refractivity contribution in [2.24, 2.45) is 0 Å². The van der Waals surface area contributed by atoms with E-state index in [1.54, 1.807) is 36.4 Å². The molecule has 8 nitrogen and oxygen atoms in total. The van der Waals surface area contributed by atoms with E-state index in [0.717, 1.165) is 0 Å². The van der Waals surface area contributed by atoms with Gasteiger partial charge in [-0.05, 0) is 42.5 Å². The van der Waals surface area contributed by atoms with Gasteiger partial charge in [-0.3, -0.25) is 9.52 Å². The Balaban J connectivity index is 1.90. The number of nitrogens with one attached hydrogen (secondary N) is 2. The van der Waals surface area contributed by atoms with Crippen LogP contribution in [0.15, 0.2) is 77.7 Å². The molecular weight excluding hydrogens is 420 g/mol. The fraction of sp³-hybridized carbons (Fsp3) is 0.0909. The van der Waals surface area contributed by atoms with Crippen LogP contribution in [0, 0.1) is 0 Å². The van der Waals surface area contributed by atoms with Crippen LogP contribution in [-0.2, 0) is 14.8 Å². The van der Waals surface area contributed by atoms with Crippen molar-refractivity contribution in [3.63, 3.8) is 0 Å². The summed E-state index contributed by atoms with van der Waals surface area (Å²) >= 11 is 0. The number of amides is 1. The van der Waals surface area contributed by atoms with Crippen LogP contribution >= 0.6 is 0 Å². The number of benzene rings is 3. The first kappa shape index (κ1) is 21.8. The molecule has 3 aromatic rings. The van der Waals surface area contributed by atoms with Gasteiger partial charge in [0.25, 0.3) is 15.9 Å². The predicted molar refractivity (Wildman–Crippen MR) is 116 cm³/mol. The molecule has 2 N–H and O–H groups in total. The van der Waals surface area contributed by atoms with E-state index >= 15 is 0 Å². The van der Waals surface area contributed by atoms with Crippen LogP contribution in [0.2, 0.25) is 0 Å². The van der Waals surface area contributed by atoms with Gasteiger partial charge in [-0.2, -0.15) is 0 Å². The van der Waals surface area contributed by atoms with Crippen LogP contribution in [0.5, 0.6) is 5.75 Å². The lowest BCUT2D eigenvalue weighted by atomic mass is 10.1. The highest BCUT2D eigenvalue weighted by Crippen LogP contribution is 2.26.